The molecule has 5 heteroatoms. The maximum absolute atomic E-state index is 12.6. The molecule has 0 aromatic carbocycles. The second-order valence-corrected chi connectivity index (χ2v) is 6.86. The van der Waals surface area contributed by atoms with Crippen LogP contribution in [-0.2, 0) is 15.1 Å². The van der Waals surface area contributed by atoms with Crippen LogP contribution in [0.15, 0.2) is 30.2 Å². The summed E-state index contributed by atoms with van der Waals surface area (Å²) in [7, 11) is 0. The number of aliphatic hydroxyl groups is 1. The number of ether oxygens (including phenoxy) is 1. The zero-order chi connectivity index (χ0) is 14.9. The van der Waals surface area contributed by atoms with Gasteiger partial charge in [0.1, 0.15) is 6.10 Å². The molecule has 21 heavy (non-hydrogen) atoms. The molecule has 1 aromatic rings. The van der Waals surface area contributed by atoms with E-state index in [1.807, 2.05) is 11.4 Å². The van der Waals surface area contributed by atoms with E-state index < -0.39 is 11.6 Å². The number of esters is 1. The number of carbonyl (C=O) groups excluding carboxylic acids is 1. The van der Waals surface area contributed by atoms with Crippen LogP contribution in [0.1, 0.15) is 24.1 Å². The van der Waals surface area contributed by atoms with Gasteiger partial charge in [0.2, 0.25) is 0 Å². The Hall–Kier alpha value is -1.17. The van der Waals surface area contributed by atoms with E-state index in [1.165, 1.54) is 11.3 Å². The molecular formula is C16H21NO3S. The lowest BCUT2D eigenvalue weighted by molar-refractivity contribution is -0.180. The Morgan fingerprint density at radius 1 is 1.57 bits per heavy atom. The number of nitrogens with zero attached hydrogens (tertiary/aromatic N) is 1. The predicted molar refractivity (Wildman–Crippen MR) is 82.1 cm³/mol. The lowest BCUT2D eigenvalue weighted by Gasteiger charge is -2.44. The molecule has 0 aliphatic carbocycles. The SMILES string of the molecule is C=CCC(O)(C(=O)O[C@H]1CN2CCC1CC2)c1cccs1. The zero-order valence-corrected chi connectivity index (χ0v) is 12.8. The van der Waals surface area contributed by atoms with Crippen molar-refractivity contribution in [3.05, 3.63) is 35.0 Å². The Labute approximate surface area is 129 Å². The average molecular weight is 307 g/mol. The summed E-state index contributed by atoms with van der Waals surface area (Å²) >= 11 is 1.37. The molecule has 0 amide bonds. The zero-order valence-electron chi connectivity index (χ0n) is 12.0. The maximum Gasteiger partial charge on any atom is 0.344 e. The number of hydrogen-bond donors (Lipinski definition) is 1. The molecule has 3 fully saturated rings. The number of piperidine rings is 3. The molecule has 3 aliphatic rings. The standard InChI is InChI=1S/C16H21NO3S/c1-2-7-16(19,14-4-3-10-21-14)15(18)20-13-11-17-8-5-12(13)6-9-17/h2-4,10,12-13,19H,1,5-9,11H2/t13-,16?/m0/s1. The molecule has 1 unspecified atom stereocenters. The molecule has 3 saturated heterocycles. The number of hydrogen-bond acceptors (Lipinski definition) is 5. The van der Waals surface area contributed by atoms with Gasteiger partial charge in [0, 0.05) is 17.8 Å². The lowest BCUT2D eigenvalue weighted by Crippen LogP contribution is -2.53. The Bertz CT molecular complexity index is 508. The van der Waals surface area contributed by atoms with Gasteiger partial charge < -0.3 is 9.84 Å². The van der Waals surface area contributed by atoms with Gasteiger partial charge in [-0.1, -0.05) is 12.1 Å². The maximum atomic E-state index is 12.6. The van der Waals surface area contributed by atoms with E-state index in [0.717, 1.165) is 32.5 Å². The van der Waals surface area contributed by atoms with Gasteiger partial charge in [-0.2, -0.15) is 0 Å². The molecule has 0 radical (unpaired) electrons. The summed E-state index contributed by atoms with van der Waals surface area (Å²) in [6.45, 7) is 6.64. The number of rotatable bonds is 5. The van der Waals surface area contributed by atoms with Crippen LogP contribution in [0.25, 0.3) is 0 Å². The van der Waals surface area contributed by atoms with E-state index in [2.05, 4.69) is 11.5 Å². The van der Waals surface area contributed by atoms with E-state index in [-0.39, 0.29) is 12.5 Å². The van der Waals surface area contributed by atoms with Crippen LogP contribution >= 0.6 is 11.3 Å². The molecule has 4 nitrogen and oxygen atoms in total. The van der Waals surface area contributed by atoms with Crippen molar-refractivity contribution >= 4 is 17.3 Å². The molecule has 1 aromatic heterocycles. The summed E-state index contributed by atoms with van der Waals surface area (Å²) in [5.74, 6) is -0.0983. The van der Waals surface area contributed by atoms with E-state index in [4.69, 9.17) is 4.74 Å². The van der Waals surface area contributed by atoms with Crippen molar-refractivity contribution in [1.82, 2.24) is 4.90 Å². The van der Waals surface area contributed by atoms with Crippen molar-refractivity contribution in [2.75, 3.05) is 19.6 Å². The van der Waals surface area contributed by atoms with E-state index >= 15 is 0 Å². The summed E-state index contributed by atoms with van der Waals surface area (Å²) in [6, 6.07) is 3.60. The Morgan fingerprint density at radius 3 is 2.86 bits per heavy atom. The topological polar surface area (TPSA) is 49.8 Å². The van der Waals surface area contributed by atoms with Crippen LogP contribution < -0.4 is 0 Å². The van der Waals surface area contributed by atoms with Crippen LogP contribution in [0.5, 0.6) is 0 Å². The van der Waals surface area contributed by atoms with Gasteiger partial charge in [-0.3, -0.25) is 4.90 Å². The molecule has 114 valence electrons. The lowest BCUT2D eigenvalue weighted by atomic mass is 9.85. The van der Waals surface area contributed by atoms with Gasteiger partial charge in [0.25, 0.3) is 0 Å². The summed E-state index contributed by atoms with van der Waals surface area (Å²) in [6.07, 6.45) is 3.81. The minimum absolute atomic E-state index is 0.0868. The van der Waals surface area contributed by atoms with Crippen molar-refractivity contribution < 1.29 is 14.6 Å². The third-order valence-electron chi connectivity index (χ3n) is 4.56. The van der Waals surface area contributed by atoms with Crippen LogP contribution in [-0.4, -0.2) is 41.7 Å². The first-order valence-electron chi connectivity index (χ1n) is 7.44. The Morgan fingerprint density at radius 2 is 2.33 bits per heavy atom. The highest BCUT2D eigenvalue weighted by molar-refractivity contribution is 7.10. The normalized spacial score (nSPS) is 30.6. The quantitative estimate of drug-likeness (QED) is 0.669. The van der Waals surface area contributed by atoms with Crippen LogP contribution in [0.3, 0.4) is 0 Å². The fourth-order valence-electron chi connectivity index (χ4n) is 3.29. The molecule has 0 saturated carbocycles. The number of fused-ring (bicyclic) bond motifs is 3. The first kappa shape index (κ1) is 14.8. The Kier molecular flexibility index (Phi) is 4.15. The van der Waals surface area contributed by atoms with E-state index in [9.17, 15) is 9.90 Å². The molecule has 2 bridgehead atoms. The van der Waals surface area contributed by atoms with Crippen LogP contribution in [0.4, 0.5) is 0 Å². The second-order valence-electron chi connectivity index (χ2n) is 5.91. The monoisotopic (exact) mass is 307 g/mol. The molecular weight excluding hydrogens is 286 g/mol. The summed E-state index contributed by atoms with van der Waals surface area (Å²) in [5, 5.41) is 12.6. The van der Waals surface area contributed by atoms with Gasteiger partial charge >= 0.3 is 5.97 Å². The van der Waals surface area contributed by atoms with Crippen molar-refractivity contribution in [3.8, 4) is 0 Å². The average Bonchev–Trinajstić information content (AvgIpc) is 3.03. The van der Waals surface area contributed by atoms with Crippen molar-refractivity contribution in [2.45, 2.75) is 31.0 Å². The predicted octanol–water partition coefficient (Wildman–Crippen LogP) is 2.15. The minimum Gasteiger partial charge on any atom is -0.458 e. The van der Waals surface area contributed by atoms with Crippen LogP contribution in [0, 0.1) is 5.92 Å². The summed E-state index contributed by atoms with van der Waals surface area (Å²) in [5.41, 5.74) is -1.60. The molecule has 4 heterocycles. The summed E-state index contributed by atoms with van der Waals surface area (Å²) < 4.78 is 5.70. The van der Waals surface area contributed by atoms with Gasteiger partial charge in [0.05, 0.1) is 0 Å². The third kappa shape index (κ3) is 2.78. The van der Waals surface area contributed by atoms with E-state index in [1.54, 1.807) is 12.1 Å². The third-order valence-corrected chi connectivity index (χ3v) is 5.58. The van der Waals surface area contributed by atoms with Gasteiger partial charge in [-0.25, -0.2) is 4.79 Å². The molecule has 3 aliphatic heterocycles. The fourth-order valence-corrected chi connectivity index (χ4v) is 4.11. The molecule has 1 N–H and O–H groups in total. The van der Waals surface area contributed by atoms with Gasteiger partial charge in [-0.05, 0) is 43.3 Å². The van der Waals surface area contributed by atoms with Crippen LogP contribution in [0.2, 0.25) is 0 Å². The molecule has 0 spiro atoms. The number of carbonyl (C=O) groups is 1. The highest BCUT2D eigenvalue weighted by Crippen LogP contribution is 2.34. The van der Waals surface area contributed by atoms with Gasteiger partial charge in [-0.15, -0.1) is 17.9 Å². The van der Waals surface area contributed by atoms with Gasteiger partial charge in [0.15, 0.2) is 5.60 Å². The van der Waals surface area contributed by atoms with Crippen molar-refractivity contribution in [1.29, 1.82) is 0 Å². The van der Waals surface area contributed by atoms with Crippen molar-refractivity contribution in [3.63, 3.8) is 0 Å². The Balaban J connectivity index is 1.74. The second kappa shape index (κ2) is 5.91. The highest BCUT2D eigenvalue weighted by atomic mass is 32.1. The fraction of sp³-hybridized carbons (Fsp3) is 0.562. The largest absolute Gasteiger partial charge is 0.458 e. The minimum atomic E-state index is -1.60. The van der Waals surface area contributed by atoms with E-state index in [0.29, 0.717) is 10.8 Å². The first-order chi connectivity index (χ1) is 10.1. The molecule has 4 rings (SSSR count). The highest BCUT2D eigenvalue weighted by Gasteiger charge is 2.43. The number of thiophene rings is 1. The smallest absolute Gasteiger partial charge is 0.344 e. The van der Waals surface area contributed by atoms with Crippen molar-refractivity contribution in [2.24, 2.45) is 5.92 Å². The molecule has 2 atom stereocenters. The summed E-state index contributed by atoms with van der Waals surface area (Å²) in [4.78, 5) is 15.5. The first-order valence-corrected chi connectivity index (χ1v) is 8.32.